The molecule has 0 radical (unpaired) electrons. The fourth-order valence-electron chi connectivity index (χ4n) is 2.88. The number of pyridine rings is 1. The van der Waals surface area contributed by atoms with Crippen molar-refractivity contribution < 1.29 is 4.79 Å². The number of nitrogens with zero attached hydrogens (tertiary/aromatic N) is 2. The molecule has 4 nitrogen and oxygen atoms in total. The highest BCUT2D eigenvalue weighted by atomic mass is 35.5. The van der Waals surface area contributed by atoms with Gasteiger partial charge < -0.3 is 5.32 Å². The van der Waals surface area contributed by atoms with Crippen molar-refractivity contribution in [1.29, 1.82) is 0 Å². The summed E-state index contributed by atoms with van der Waals surface area (Å²) < 4.78 is 1.80. The Morgan fingerprint density at radius 1 is 1.45 bits per heavy atom. The first-order valence-corrected chi connectivity index (χ1v) is 7.54. The highest BCUT2D eigenvalue weighted by Crippen LogP contribution is 2.20. The van der Waals surface area contributed by atoms with E-state index in [1.165, 1.54) is 12.8 Å². The number of aryl methyl sites for hydroxylation is 1. The number of amides is 1. The summed E-state index contributed by atoms with van der Waals surface area (Å²) in [5.74, 6) is -0.0384. The largest absolute Gasteiger partial charge is 0.348 e. The normalized spacial score (nSPS) is 15.9. The lowest BCUT2D eigenvalue weighted by Crippen LogP contribution is -2.33. The van der Waals surface area contributed by atoms with Crippen LogP contribution in [-0.2, 0) is 6.42 Å². The number of carbonyl (C=O) groups excluding carboxylic acids is 1. The molecule has 0 bridgehead atoms. The van der Waals surface area contributed by atoms with Gasteiger partial charge in [0, 0.05) is 12.2 Å². The maximum Gasteiger partial charge on any atom is 0.270 e. The zero-order valence-corrected chi connectivity index (χ0v) is 12.3. The first-order chi connectivity index (χ1) is 9.69. The summed E-state index contributed by atoms with van der Waals surface area (Å²) >= 11 is 6.04. The number of rotatable bonds is 3. The Balaban J connectivity index is 1.99. The van der Waals surface area contributed by atoms with E-state index >= 15 is 0 Å². The molecule has 2 heterocycles. The van der Waals surface area contributed by atoms with Gasteiger partial charge in [-0.15, -0.1) is 0 Å². The molecule has 1 amide bonds. The summed E-state index contributed by atoms with van der Waals surface area (Å²) in [5, 5.41) is 3.73. The standard InChI is InChI=1S/C15H18ClN3O/c1-2-12-14(15(20)17-11-5-3-4-6-11)19-9-10(16)7-8-13(19)18-12/h7-9,11H,2-6H2,1H3,(H,17,20). The first kappa shape index (κ1) is 13.4. The van der Waals surface area contributed by atoms with E-state index in [1.54, 1.807) is 16.7 Å². The summed E-state index contributed by atoms with van der Waals surface area (Å²) in [6.07, 6.45) is 7.03. The van der Waals surface area contributed by atoms with Gasteiger partial charge in [0.1, 0.15) is 11.3 Å². The molecule has 1 aliphatic rings. The quantitative estimate of drug-likeness (QED) is 0.944. The van der Waals surface area contributed by atoms with Crippen molar-refractivity contribution in [3.05, 3.63) is 34.7 Å². The van der Waals surface area contributed by atoms with E-state index in [-0.39, 0.29) is 5.91 Å². The SMILES string of the molecule is CCc1nc2ccc(Cl)cn2c1C(=O)NC1CCCC1. The Labute approximate surface area is 123 Å². The lowest BCUT2D eigenvalue weighted by atomic mass is 10.2. The zero-order chi connectivity index (χ0) is 14.1. The lowest BCUT2D eigenvalue weighted by molar-refractivity contribution is 0.0931. The first-order valence-electron chi connectivity index (χ1n) is 7.16. The van der Waals surface area contributed by atoms with Gasteiger partial charge in [-0.3, -0.25) is 9.20 Å². The Morgan fingerprint density at radius 3 is 2.90 bits per heavy atom. The fraction of sp³-hybridized carbons (Fsp3) is 0.467. The second kappa shape index (κ2) is 5.44. The van der Waals surface area contributed by atoms with Crippen LogP contribution in [0.5, 0.6) is 0 Å². The van der Waals surface area contributed by atoms with Crippen LogP contribution in [0.25, 0.3) is 5.65 Å². The van der Waals surface area contributed by atoms with Crippen molar-refractivity contribution in [2.75, 3.05) is 0 Å². The van der Waals surface area contributed by atoms with Gasteiger partial charge in [0.05, 0.1) is 10.7 Å². The third-order valence-corrected chi connectivity index (χ3v) is 4.12. The number of halogens is 1. The average Bonchev–Trinajstić information content (AvgIpc) is 3.04. The lowest BCUT2D eigenvalue weighted by Gasteiger charge is -2.12. The number of hydrogen-bond acceptors (Lipinski definition) is 2. The van der Waals surface area contributed by atoms with E-state index in [0.717, 1.165) is 30.6 Å². The maximum absolute atomic E-state index is 12.6. The van der Waals surface area contributed by atoms with Crippen LogP contribution in [-0.4, -0.2) is 21.3 Å². The van der Waals surface area contributed by atoms with E-state index in [9.17, 15) is 4.79 Å². The molecule has 0 saturated heterocycles. The number of imidazole rings is 1. The minimum atomic E-state index is -0.0384. The van der Waals surface area contributed by atoms with Crippen molar-refractivity contribution in [2.45, 2.75) is 45.1 Å². The summed E-state index contributed by atoms with van der Waals surface area (Å²) in [6.45, 7) is 2.01. The van der Waals surface area contributed by atoms with Crippen molar-refractivity contribution >= 4 is 23.2 Å². The molecule has 0 spiro atoms. The molecule has 0 atom stereocenters. The van der Waals surface area contributed by atoms with Gasteiger partial charge in [-0.05, 0) is 31.4 Å². The van der Waals surface area contributed by atoms with Crippen molar-refractivity contribution in [3.8, 4) is 0 Å². The molecule has 2 aromatic rings. The van der Waals surface area contributed by atoms with E-state index in [4.69, 9.17) is 11.6 Å². The molecule has 3 rings (SSSR count). The predicted molar refractivity (Wildman–Crippen MR) is 79.3 cm³/mol. The molecule has 1 N–H and O–H groups in total. The number of fused-ring (bicyclic) bond motifs is 1. The number of nitrogens with one attached hydrogen (secondary N) is 1. The summed E-state index contributed by atoms with van der Waals surface area (Å²) in [4.78, 5) is 17.1. The topological polar surface area (TPSA) is 46.4 Å². The van der Waals surface area contributed by atoms with Crippen LogP contribution >= 0.6 is 11.6 Å². The summed E-state index contributed by atoms with van der Waals surface area (Å²) in [6, 6.07) is 3.94. The van der Waals surface area contributed by atoms with E-state index < -0.39 is 0 Å². The molecule has 0 aliphatic heterocycles. The Morgan fingerprint density at radius 2 is 2.20 bits per heavy atom. The number of aromatic nitrogens is 2. The monoisotopic (exact) mass is 291 g/mol. The molecule has 106 valence electrons. The van der Waals surface area contributed by atoms with Crippen LogP contribution in [0.2, 0.25) is 5.02 Å². The number of carbonyl (C=O) groups is 1. The van der Waals surface area contributed by atoms with E-state index in [0.29, 0.717) is 16.8 Å². The van der Waals surface area contributed by atoms with Gasteiger partial charge in [-0.1, -0.05) is 31.4 Å². The predicted octanol–water partition coefficient (Wildman–Crippen LogP) is 3.22. The third-order valence-electron chi connectivity index (χ3n) is 3.89. The average molecular weight is 292 g/mol. The van der Waals surface area contributed by atoms with Crippen LogP contribution in [0.1, 0.15) is 48.8 Å². The van der Waals surface area contributed by atoms with Gasteiger partial charge in [-0.2, -0.15) is 0 Å². The second-order valence-corrected chi connectivity index (χ2v) is 5.73. The van der Waals surface area contributed by atoms with Crippen molar-refractivity contribution in [1.82, 2.24) is 14.7 Å². The van der Waals surface area contributed by atoms with Crippen molar-refractivity contribution in [2.24, 2.45) is 0 Å². The van der Waals surface area contributed by atoms with E-state index in [2.05, 4.69) is 10.3 Å². The van der Waals surface area contributed by atoms with Gasteiger partial charge >= 0.3 is 0 Å². The molecule has 2 aromatic heterocycles. The van der Waals surface area contributed by atoms with Gasteiger partial charge in [0.25, 0.3) is 5.91 Å². The molecule has 1 fully saturated rings. The van der Waals surface area contributed by atoms with Crippen LogP contribution in [0.3, 0.4) is 0 Å². The highest BCUT2D eigenvalue weighted by Gasteiger charge is 2.22. The molecule has 1 saturated carbocycles. The van der Waals surface area contributed by atoms with Crippen LogP contribution in [0.4, 0.5) is 0 Å². The second-order valence-electron chi connectivity index (χ2n) is 5.29. The highest BCUT2D eigenvalue weighted by molar-refractivity contribution is 6.30. The molecule has 5 heteroatoms. The molecule has 0 unspecified atom stereocenters. The minimum Gasteiger partial charge on any atom is -0.348 e. The van der Waals surface area contributed by atoms with Gasteiger partial charge in [0.15, 0.2) is 0 Å². The zero-order valence-electron chi connectivity index (χ0n) is 11.5. The van der Waals surface area contributed by atoms with Crippen molar-refractivity contribution in [3.63, 3.8) is 0 Å². The minimum absolute atomic E-state index is 0.0384. The maximum atomic E-state index is 12.6. The fourth-order valence-corrected chi connectivity index (χ4v) is 3.04. The van der Waals surface area contributed by atoms with Gasteiger partial charge in [-0.25, -0.2) is 4.98 Å². The smallest absolute Gasteiger partial charge is 0.270 e. The molecule has 0 aromatic carbocycles. The van der Waals surface area contributed by atoms with Gasteiger partial charge in [0.2, 0.25) is 0 Å². The van der Waals surface area contributed by atoms with Crippen LogP contribution in [0.15, 0.2) is 18.3 Å². The van der Waals surface area contributed by atoms with E-state index in [1.807, 2.05) is 13.0 Å². The Hall–Kier alpha value is -1.55. The summed E-state index contributed by atoms with van der Waals surface area (Å²) in [7, 11) is 0. The van der Waals surface area contributed by atoms with Crippen LogP contribution < -0.4 is 5.32 Å². The Kier molecular flexibility index (Phi) is 3.66. The summed E-state index contributed by atoms with van der Waals surface area (Å²) in [5.41, 5.74) is 2.21. The number of hydrogen-bond donors (Lipinski definition) is 1. The third kappa shape index (κ3) is 2.40. The van der Waals surface area contributed by atoms with Crippen LogP contribution in [0, 0.1) is 0 Å². The molecular formula is C15H18ClN3O. The molecule has 1 aliphatic carbocycles. The molecular weight excluding hydrogens is 274 g/mol. The Bertz CT molecular complexity index is 644. The molecule has 20 heavy (non-hydrogen) atoms.